The molecule has 6 heteroatoms. The van der Waals surface area contributed by atoms with Crippen molar-refractivity contribution >= 4 is 29.1 Å². The maximum Gasteiger partial charge on any atom is 0.254 e. The zero-order valence-electron chi connectivity index (χ0n) is 12.6. The van der Waals surface area contributed by atoms with Crippen molar-refractivity contribution in [2.24, 2.45) is 0 Å². The number of amides is 2. The van der Waals surface area contributed by atoms with Gasteiger partial charge in [0, 0.05) is 31.5 Å². The summed E-state index contributed by atoms with van der Waals surface area (Å²) in [5, 5.41) is 0.532. The second-order valence-electron chi connectivity index (χ2n) is 5.40. The molecule has 1 atom stereocenters. The van der Waals surface area contributed by atoms with E-state index in [9.17, 15) is 9.59 Å². The number of hydrogen-bond donors (Lipinski definition) is 0. The summed E-state index contributed by atoms with van der Waals surface area (Å²) in [6, 6.07) is 10.0. The van der Waals surface area contributed by atoms with Gasteiger partial charge in [0.05, 0.1) is 10.7 Å². The molecular formula is C17H16ClN3O2. The van der Waals surface area contributed by atoms with Gasteiger partial charge in [-0.3, -0.25) is 14.6 Å². The molecule has 0 spiro atoms. The number of likely N-dealkylation sites (N-methyl/N-ethyl adjacent to an activating group) is 1. The number of benzene rings is 1. The van der Waals surface area contributed by atoms with Gasteiger partial charge < -0.3 is 9.80 Å². The second-order valence-corrected chi connectivity index (χ2v) is 5.80. The molecule has 0 N–H and O–H groups in total. The summed E-state index contributed by atoms with van der Waals surface area (Å²) in [5.74, 6) is -0.297. The van der Waals surface area contributed by atoms with Crippen molar-refractivity contribution in [3.63, 3.8) is 0 Å². The van der Waals surface area contributed by atoms with E-state index in [1.54, 1.807) is 42.5 Å². The Kier molecular flexibility index (Phi) is 4.30. The number of carbonyl (C=O) groups is 2. The third kappa shape index (κ3) is 2.92. The van der Waals surface area contributed by atoms with Crippen LogP contribution in [0, 0.1) is 0 Å². The highest BCUT2D eigenvalue weighted by Gasteiger charge is 2.37. The lowest BCUT2D eigenvalue weighted by molar-refractivity contribution is -0.120. The third-order valence-electron chi connectivity index (χ3n) is 4.04. The van der Waals surface area contributed by atoms with E-state index in [1.807, 2.05) is 18.2 Å². The van der Waals surface area contributed by atoms with Crippen molar-refractivity contribution in [1.29, 1.82) is 0 Å². The van der Waals surface area contributed by atoms with Crippen LogP contribution < -0.4 is 4.90 Å². The lowest BCUT2D eigenvalue weighted by Gasteiger charge is -2.24. The Morgan fingerprint density at radius 2 is 1.96 bits per heavy atom. The summed E-state index contributed by atoms with van der Waals surface area (Å²) in [6.07, 6.45) is 3.71. The molecule has 2 amide bonds. The molecule has 1 saturated heterocycles. The Morgan fingerprint density at radius 1 is 1.26 bits per heavy atom. The molecule has 2 heterocycles. The molecule has 1 aromatic heterocycles. The van der Waals surface area contributed by atoms with E-state index in [2.05, 4.69) is 4.98 Å². The zero-order valence-corrected chi connectivity index (χ0v) is 13.4. The van der Waals surface area contributed by atoms with Gasteiger partial charge in [-0.1, -0.05) is 23.7 Å². The molecule has 1 aliphatic heterocycles. The van der Waals surface area contributed by atoms with Gasteiger partial charge in [0.1, 0.15) is 6.04 Å². The minimum Gasteiger partial charge on any atom is -0.330 e. The first-order chi connectivity index (χ1) is 11.1. The fourth-order valence-corrected chi connectivity index (χ4v) is 3.01. The lowest BCUT2D eigenvalue weighted by atomic mass is 10.1. The predicted molar refractivity (Wildman–Crippen MR) is 88.5 cm³/mol. The van der Waals surface area contributed by atoms with Crippen molar-refractivity contribution in [3.8, 4) is 0 Å². The van der Waals surface area contributed by atoms with Crippen LogP contribution >= 0.6 is 11.6 Å². The van der Waals surface area contributed by atoms with E-state index in [1.165, 1.54) is 4.90 Å². The first-order valence-corrected chi connectivity index (χ1v) is 7.70. The molecule has 2 aromatic rings. The van der Waals surface area contributed by atoms with Gasteiger partial charge in [0.15, 0.2) is 0 Å². The van der Waals surface area contributed by atoms with Gasteiger partial charge in [-0.05, 0) is 30.7 Å². The molecule has 0 saturated carbocycles. The predicted octanol–water partition coefficient (Wildman–Crippen LogP) is 2.61. The number of pyridine rings is 1. The second kappa shape index (κ2) is 6.38. The van der Waals surface area contributed by atoms with Gasteiger partial charge in [0.25, 0.3) is 5.91 Å². The molecule has 23 heavy (non-hydrogen) atoms. The van der Waals surface area contributed by atoms with Crippen LogP contribution in [0.1, 0.15) is 16.8 Å². The van der Waals surface area contributed by atoms with E-state index < -0.39 is 6.04 Å². The van der Waals surface area contributed by atoms with E-state index in [0.29, 0.717) is 29.2 Å². The Morgan fingerprint density at radius 3 is 2.65 bits per heavy atom. The maximum atomic E-state index is 12.7. The summed E-state index contributed by atoms with van der Waals surface area (Å²) in [4.78, 5) is 32.2. The van der Waals surface area contributed by atoms with Crippen molar-refractivity contribution in [2.45, 2.75) is 12.5 Å². The quantitative estimate of drug-likeness (QED) is 0.869. The normalized spacial score (nSPS) is 17.4. The number of nitrogens with zero attached hydrogens (tertiary/aromatic N) is 3. The Balaban J connectivity index is 1.79. The minimum atomic E-state index is -0.480. The summed E-state index contributed by atoms with van der Waals surface area (Å²) in [6.45, 7) is 0.543. The maximum absolute atomic E-state index is 12.7. The van der Waals surface area contributed by atoms with E-state index in [0.717, 1.165) is 0 Å². The van der Waals surface area contributed by atoms with Crippen LogP contribution in [0.5, 0.6) is 0 Å². The van der Waals surface area contributed by atoms with Gasteiger partial charge in [0.2, 0.25) is 5.91 Å². The van der Waals surface area contributed by atoms with Gasteiger partial charge in [-0.15, -0.1) is 0 Å². The van der Waals surface area contributed by atoms with Crippen molar-refractivity contribution < 1.29 is 9.59 Å². The summed E-state index contributed by atoms with van der Waals surface area (Å²) in [7, 11) is 1.65. The summed E-state index contributed by atoms with van der Waals surface area (Å²) >= 11 is 6.17. The highest BCUT2D eigenvalue weighted by Crippen LogP contribution is 2.30. The van der Waals surface area contributed by atoms with E-state index >= 15 is 0 Å². The Labute approximate surface area is 139 Å². The molecule has 3 rings (SSSR count). The first kappa shape index (κ1) is 15.5. The van der Waals surface area contributed by atoms with Crippen LogP contribution in [0.2, 0.25) is 5.02 Å². The fraction of sp³-hybridized carbons (Fsp3) is 0.235. The number of halogens is 1. The van der Waals surface area contributed by atoms with Gasteiger partial charge in [-0.25, -0.2) is 0 Å². The SMILES string of the molecule is CN(C(=O)c1ccncc1)[C@@H]1CCN(c2ccccc2Cl)C1=O. The third-order valence-corrected chi connectivity index (χ3v) is 4.36. The van der Waals surface area contributed by atoms with Gasteiger partial charge >= 0.3 is 0 Å². The van der Waals surface area contributed by atoms with Crippen LogP contribution in [0.3, 0.4) is 0 Å². The molecule has 0 aliphatic carbocycles. The topological polar surface area (TPSA) is 53.5 Å². The molecule has 0 bridgehead atoms. The highest BCUT2D eigenvalue weighted by atomic mass is 35.5. The Hall–Kier alpha value is -2.40. The molecule has 0 radical (unpaired) electrons. The van der Waals surface area contributed by atoms with Crippen LogP contribution in [-0.2, 0) is 4.79 Å². The first-order valence-electron chi connectivity index (χ1n) is 7.32. The van der Waals surface area contributed by atoms with E-state index in [-0.39, 0.29) is 11.8 Å². The van der Waals surface area contributed by atoms with Crippen LogP contribution in [0.15, 0.2) is 48.8 Å². The van der Waals surface area contributed by atoms with Crippen LogP contribution in [-0.4, -0.2) is 41.3 Å². The average molecular weight is 330 g/mol. The average Bonchev–Trinajstić information content (AvgIpc) is 2.96. The van der Waals surface area contributed by atoms with Crippen LogP contribution in [0.25, 0.3) is 0 Å². The van der Waals surface area contributed by atoms with E-state index in [4.69, 9.17) is 11.6 Å². The molecular weight excluding hydrogens is 314 g/mol. The molecule has 1 aromatic carbocycles. The van der Waals surface area contributed by atoms with Crippen LogP contribution in [0.4, 0.5) is 5.69 Å². The molecule has 118 valence electrons. The number of hydrogen-bond acceptors (Lipinski definition) is 3. The monoisotopic (exact) mass is 329 g/mol. The molecule has 5 nitrogen and oxygen atoms in total. The minimum absolute atomic E-state index is 0.108. The summed E-state index contributed by atoms with van der Waals surface area (Å²) in [5.41, 5.74) is 1.21. The Bertz CT molecular complexity index is 736. The van der Waals surface area contributed by atoms with Crippen molar-refractivity contribution in [2.75, 3.05) is 18.5 Å². The molecule has 1 fully saturated rings. The number of rotatable bonds is 3. The number of aromatic nitrogens is 1. The summed E-state index contributed by atoms with van der Waals surface area (Å²) < 4.78 is 0. The fourth-order valence-electron chi connectivity index (χ4n) is 2.77. The zero-order chi connectivity index (χ0) is 16.4. The van der Waals surface area contributed by atoms with Crippen molar-refractivity contribution in [1.82, 2.24) is 9.88 Å². The highest BCUT2D eigenvalue weighted by molar-refractivity contribution is 6.34. The van der Waals surface area contributed by atoms with Crippen molar-refractivity contribution in [3.05, 3.63) is 59.4 Å². The standard InChI is InChI=1S/C17H16ClN3O2/c1-20(16(22)12-6-9-19-10-7-12)15-8-11-21(17(15)23)14-5-3-2-4-13(14)18/h2-7,9-10,15H,8,11H2,1H3/t15-/m1/s1. The number of carbonyl (C=O) groups excluding carboxylic acids is 2. The largest absolute Gasteiger partial charge is 0.330 e. The lowest BCUT2D eigenvalue weighted by Crippen LogP contribution is -2.43. The molecule has 0 unspecified atom stereocenters. The number of para-hydroxylation sites is 1. The van der Waals surface area contributed by atoms with Gasteiger partial charge in [-0.2, -0.15) is 0 Å². The smallest absolute Gasteiger partial charge is 0.254 e. The molecule has 1 aliphatic rings. The number of anilines is 1.